The fraction of sp³-hybridized carbons (Fsp3) is 0.591. The molecule has 1 aromatic heterocycles. The van der Waals surface area contributed by atoms with Crippen molar-refractivity contribution >= 4 is 5.91 Å². The number of hydrogen-bond donors (Lipinski definition) is 1. The Morgan fingerprint density at radius 2 is 1.97 bits per heavy atom. The van der Waals surface area contributed by atoms with Gasteiger partial charge in [0.2, 0.25) is 12.6 Å². The summed E-state index contributed by atoms with van der Waals surface area (Å²) in [4.78, 5) is 15.0. The first-order valence-corrected chi connectivity index (χ1v) is 10.9. The molecule has 160 valence electrons. The molecule has 8 heteroatoms. The van der Waals surface area contributed by atoms with E-state index in [2.05, 4.69) is 37.1 Å². The van der Waals surface area contributed by atoms with Crippen molar-refractivity contribution in [2.45, 2.75) is 58.7 Å². The number of hydrogen-bond acceptors (Lipinski definition) is 6. The van der Waals surface area contributed by atoms with E-state index < -0.39 is 0 Å². The molecule has 0 saturated carbocycles. The molecular formula is C22H29N5O3. The van der Waals surface area contributed by atoms with Crippen LogP contribution in [0.25, 0.3) is 0 Å². The lowest BCUT2D eigenvalue weighted by molar-refractivity contribution is 0.0617. The van der Waals surface area contributed by atoms with Crippen LogP contribution in [0.2, 0.25) is 0 Å². The van der Waals surface area contributed by atoms with Gasteiger partial charge in [-0.2, -0.15) is 0 Å². The molecule has 1 aromatic carbocycles. The molecule has 2 aromatic rings. The van der Waals surface area contributed by atoms with Gasteiger partial charge in [0, 0.05) is 25.6 Å². The van der Waals surface area contributed by atoms with Gasteiger partial charge in [-0.05, 0) is 69.3 Å². The van der Waals surface area contributed by atoms with Gasteiger partial charge in [0.15, 0.2) is 11.5 Å². The summed E-state index contributed by atoms with van der Waals surface area (Å²) in [6.07, 6.45) is 4.26. The lowest BCUT2D eigenvalue weighted by atomic mass is 9.73. The second kappa shape index (κ2) is 7.58. The number of aryl methyl sites for hydroxylation is 1. The number of carbonyl (C=O) groups is 1. The molecule has 30 heavy (non-hydrogen) atoms. The molecule has 5 rings (SSSR count). The number of rotatable bonds is 4. The van der Waals surface area contributed by atoms with E-state index in [-0.39, 0.29) is 17.4 Å². The molecule has 0 radical (unpaired) electrons. The zero-order valence-electron chi connectivity index (χ0n) is 17.7. The number of aromatic nitrogens is 3. The summed E-state index contributed by atoms with van der Waals surface area (Å²) in [7, 11) is 0. The van der Waals surface area contributed by atoms with Crippen LogP contribution in [0.5, 0.6) is 11.5 Å². The molecule has 0 atom stereocenters. The Morgan fingerprint density at radius 3 is 2.77 bits per heavy atom. The molecular weight excluding hydrogens is 382 g/mol. The maximum absolute atomic E-state index is 12.5. The van der Waals surface area contributed by atoms with Crippen LogP contribution < -0.4 is 14.8 Å². The third-order valence-corrected chi connectivity index (χ3v) is 6.58. The van der Waals surface area contributed by atoms with E-state index in [0.717, 1.165) is 69.2 Å². The van der Waals surface area contributed by atoms with Gasteiger partial charge in [-0.15, -0.1) is 10.2 Å². The summed E-state index contributed by atoms with van der Waals surface area (Å²) in [5.74, 6) is 2.96. The van der Waals surface area contributed by atoms with E-state index in [1.807, 2.05) is 19.9 Å². The molecule has 1 saturated heterocycles. The average Bonchev–Trinajstić information content (AvgIpc) is 3.35. The maximum atomic E-state index is 12.5. The van der Waals surface area contributed by atoms with Crippen molar-refractivity contribution in [2.24, 2.45) is 5.41 Å². The highest BCUT2D eigenvalue weighted by atomic mass is 16.7. The Labute approximate surface area is 176 Å². The van der Waals surface area contributed by atoms with Crippen molar-refractivity contribution in [3.05, 3.63) is 35.4 Å². The minimum absolute atomic E-state index is 0.0856. The second-order valence-electron chi connectivity index (χ2n) is 9.12. The SMILES string of the molecule is CC(C)NC(=O)c1nnc2n1CC1(CC2)CCN(Cc2ccc3c(c2)OCO3)CC1. The average molecular weight is 412 g/mol. The Balaban J connectivity index is 1.23. The number of amides is 1. The monoisotopic (exact) mass is 411 g/mol. The number of benzene rings is 1. The van der Waals surface area contributed by atoms with E-state index in [1.54, 1.807) is 0 Å². The highest BCUT2D eigenvalue weighted by Gasteiger charge is 2.40. The maximum Gasteiger partial charge on any atom is 0.289 e. The van der Waals surface area contributed by atoms with Crippen LogP contribution in [0.3, 0.4) is 0 Å². The van der Waals surface area contributed by atoms with Gasteiger partial charge >= 0.3 is 0 Å². The van der Waals surface area contributed by atoms with Crippen molar-refractivity contribution in [3.8, 4) is 11.5 Å². The third kappa shape index (κ3) is 3.64. The fourth-order valence-corrected chi connectivity index (χ4v) is 4.86. The third-order valence-electron chi connectivity index (χ3n) is 6.58. The van der Waals surface area contributed by atoms with Gasteiger partial charge in [0.25, 0.3) is 5.91 Å². The van der Waals surface area contributed by atoms with Gasteiger partial charge < -0.3 is 19.4 Å². The Kier molecular flexibility index (Phi) is 4.89. The minimum atomic E-state index is -0.124. The quantitative estimate of drug-likeness (QED) is 0.832. The van der Waals surface area contributed by atoms with Crippen LogP contribution in [0, 0.1) is 5.41 Å². The Morgan fingerprint density at radius 1 is 1.17 bits per heavy atom. The molecule has 0 bridgehead atoms. The van der Waals surface area contributed by atoms with E-state index in [1.165, 1.54) is 5.56 Å². The second-order valence-corrected chi connectivity index (χ2v) is 9.12. The van der Waals surface area contributed by atoms with Crippen LogP contribution in [0.1, 0.15) is 55.1 Å². The zero-order chi connectivity index (χ0) is 20.7. The van der Waals surface area contributed by atoms with Gasteiger partial charge in [-0.1, -0.05) is 6.07 Å². The van der Waals surface area contributed by atoms with E-state index >= 15 is 0 Å². The topological polar surface area (TPSA) is 81.5 Å². The largest absolute Gasteiger partial charge is 0.454 e. The molecule has 4 heterocycles. The molecule has 0 aliphatic carbocycles. The smallest absolute Gasteiger partial charge is 0.289 e. The van der Waals surface area contributed by atoms with Gasteiger partial charge in [0.05, 0.1) is 0 Å². The molecule has 1 spiro atoms. The summed E-state index contributed by atoms with van der Waals surface area (Å²) in [5.41, 5.74) is 1.49. The number of carbonyl (C=O) groups excluding carboxylic acids is 1. The van der Waals surface area contributed by atoms with E-state index in [9.17, 15) is 4.79 Å². The molecule has 1 N–H and O–H groups in total. The number of ether oxygens (including phenoxy) is 2. The van der Waals surface area contributed by atoms with Crippen molar-refractivity contribution < 1.29 is 14.3 Å². The Bertz CT molecular complexity index is 946. The fourth-order valence-electron chi connectivity index (χ4n) is 4.86. The predicted molar refractivity (Wildman–Crippen MR) is 110 cm³/mol. The molecule has 0 unspecified atom stereocenters. The summed E-state index contributed by atoms with van der Waals surface area (Å²) >= 11 is 0. The lowest BCUT2D eigenvalue weighted by Gasteiger charge is -2.44. The van der Waals surface area contributed by atoms with Crippen molar-refractivity contribution in [1.82, 2.24) is 25.0 Å². The van der Waals surface area contributed by atoms with Crippen LogP contribution in [0.4, 0.5) is 0 Å². The summed E-state index contributed by atoms with van der Waals surface area (Å²) in [6, 6.07) is 6.31. The standard InChI is InChI=1S/C22H29N5O3/c1-15(2)23-21(28)20-25-24-19-5-6-22(13-27(19)20)7-9-26(10-8-22)12-16-3-4-17-18(11-16)30-14-29-17/h3-4,11,15H,5-10,12-14H2,1-2H3,(H,23,28). The van der Waals surface area contributed by atoms with Crippen molar-refractivity contribution in [3.63, 3.8) is 0 Å². The number of likely N-dealkylation sites (tertiary alicyclic amines) is 1. The van der Waals surface area contributed by atoms with E-state index in [0.29, 0.717) is 12.6 Å². The summed E-state index contributed by atoms with van der Waals surface area (Å²) < 4.78 is 13.0. The van der Waals surface area contributed by atoms with Gasteiger partial charge in [-0.3, -0.25) is 9.69 Å². The molecule has 3 aliphatic heterocycles. The molecule has 1 amide bonds. The molecule has 8 nitrogen and oxygen atoms in total. The van der Waals surface area contributed by atoms with Crippen molar-refractivity contribution in [2.75, 3.05) is 19.9 Å². The first-order chi connectivity index (χ1) is 14.5. The molecule has 1 fully saturated rings. The first kappa shape index (κ1) is 19.4. The highest BCUT2D eigenvalue weighted by Crippen LogP contribution is 2.41. The van der Waals surface area contributed by atoms with Crippen LogP contribution in [-0.2, 0) is 19.5 Å². The highest BCUT2D eigenvalue weighted by molar-refractivity contribution is 5.90. The summed E-state index contributed by atoms with van der Waals surface area (Å²) in [5, 5.41) is 11.4. The Hall–Kier alpha value is -2.61. The van der Waals surface area contributed by atoms with Gasteiger partial charge in [-0.25, -0.2) is 0 Å². The molecule has 3 aliphatic rings. The normalized spacial score (nSPS) is 19.8. The zero-order valence-corrected chi connectivity index (χ0v) is 17.7. The van der Waals surface area contributed by atoms with Crippen LogP contribution >= 0.6 is 0 Å². The van der Waals surface area contributed by atoms with Crippen LogP contribution in [0.15, 0.2) is 18.2 Å². The number of fused-ring (bicyclic) bond motifs is 2. The predicted octanol–water partition coefficient (Wildman–Crippen LogP) is 2.37. The van der Waals surface area contributed by atoms with Gasteiger partial charge in [0.1, 0.15) is 5.82 Å². The van der Waals surface area contributed by atoms with E-state index in [4.69, 9.17) is 9.47 Å². The summed E-state index contributed by atoms with van der Waals surface area (Å²) in [6.45, 7) is 8.11. The van der Waals surface area contributed by atoms with Crippen LogP contribution in [-0.4, -0.2) is 51.5 Å². The number of nitrogens with zero attached hydrogens (tertiary/aromatic N) is 4. The first-order valence-electron chi connectivity index (χ1n) is 10.9. The number of nitrogens with one attached hydrogen (secondary N) is 1. The lowest BCUT2D eigenvalue weighted by Crippen LogP contribution is -2.45. The van der Waals surface area contributed by atoms with Crippen molar-refractivity contribution in [1.29, 1.82) is 0 Å². The minimum Gasteiger partial charge on any atom is -0.454 e. The number of piperidine rings is 1.